The predicted octanol–water partition coefficient (Wildman–Crippen LogP) is 0.917. The summed E-state index contributed by atoms with van der Waals surface area (Å²) in [5.41, 5.74) is 0. The lowest BCUT2D eigenvalue weighted by Crippen LogP contribution is -2.22. The topological polar surface area (TPSA) is 43.4 Å². The van der Waals surface area contributed by atoms with Gasteiger partial charge in [0.1, 0.15) is 0 Å². The average Bonchev–Trinajstić information content (AvgIpc) is 2.18. The SMILES string of the molecule is CC(=O)OC1CCC(C)C1=O. The summed E-state index contributed by atoms with van der Waals surface area (Å²) in [4.78, 5) is 21.6. The molecule has 2 unspecified atom stereocenters. The normalized spacial score (nSPS) is 30.5. The molecular weight excluding hydrogens is 144 g/mol. The van der Waals surface area contributed by atoms with Crippen LogP contribution in [0.4, 0.5) is 0 Å². The molecule has 3 heteroatoms. The van der Waals surface area contributed by atoms with Crippen molar-refractivity contribution in [3.05, 3.63) is 0 Å². The number of hydrogen-bond acceptors (Lipinski definition) is 3. The minimum absolute atomic E-state index is 0.0688. The zero-order valence-corrected chi connectivity index (χ0v) is 6.79. The van der Waals surface area contributed by atoms with Gasteiger partial charge in [-0.1, -0.05) is 6.92 Å². The summed E-state index contributed by atoms with van der Waals surface area (Å²) in [5, 5.41) is 0. The first kappa shape index (κ1) is 8.24. The van der Waals surface area contributed by atoms with Crippen LogP contribution in [-0.2, 0) is 14.3 Å². The van der Waals surface area contributed by atoms with Gasteiger partial charge in [-0.15, -0.1) is 0 Å². The van der Waals surface area contributed by atoms with Crippen molar-refractivity contribution < 1.29 is 14.3 Å². The third-order valence-corrected chi connectivity index (χ3v) is 1.97. The molecule has 0 heterocycles. The van der Waals surface area contributed by atoms with E-state index >= 15 is 0 Å². The summed E-state index contributed by atoms with van der Waals surface area (Å²) in [7, 11) is 0. The van der Waals surface area contributed by atoms with Gasteiger partial charge >= 0.3 is 5.97 Å². The maximum atomic E-state index is 11.2. The van der Waals surface area contributed by atoms with Crippen LogP contribution in [0, 0.1) is 5.92 Å². The van der Waals surface area contributed by atoms with E-state index in [4.69, 9.17) is 4.74 Å². The number of hydrogen-bond donors (Lipinski definition) is 0. The Kier molecular flexibility index (Phi) is 2.27. The first-order valence-electron chi connectivity index (χ1n) is 3.82. The van der Waals surface area contributed by atoms with Crippen molar-refractivity contribution in [2.24, 2.45) is 5.92 Å². The number of carbonyl (C=O) groups excluding carboxylic acids is 2. The highest BCUT2D eigenvalue weighted by Gasteiger charge is 2.32. The van der Waals surface area contributed by atoms with Gasteiger partial charge in [-0.2, -0.15) is 0 Å². The van der Waals surface area contributed by atoms with Crippen molar-refractivity contribution in [3.63, 3.8) is 0 Å². The number of ether oxygens (including phenoxy) is 1. The van der Waals surface area contributed by atoms with Gasteiger partial charge in [0.2, 0.25) is 0 Å². The van der Waals surface area contributed by atoms with Crippen LogP contribution in [0.2, 0.25) is 0 Å². The molecule has 1 saturated carbocycles. The van der Waals surface area contributed by atoms with E-state index in [0.29, 0.717) is 6.42 Å². The van der Waals surface area contributed by atoms with Crippen molar-refractivity contribution in [3.8, 4) is 0 Å². The Balaban J connectivity index is 2.49. The zero-order chi connectivity index (χ0) is 8.43. The highest BCUT2D eigenvalue weighted by molar-refractivity contribution is 5.88. The lowest BCUT2D eigenvalue weighted by atomic mass is 10.1. The maximum Gasteiger partial charge on any atom is 0.303 e. The quantitative estimate of drug-likeness (QED) is 0.530. The maximum absolute atomic E-state index is 11.2. The Bertz CT molecular complexity index is 186. The molecule has 0 aliphatic heterocycles. The number of Topliss-reactive ketones (excluding diaryl/α,β-unsaturated/α-hetero) is 1. The first-order valence-corrected chi connectivity index (χ1v) is 3.82. The van der Waals surface area contributed by atoms with Crippen LogP contribution in [0.1, 0.15) is 26.7 Å². The zero-order valence-electron chi connectivity index (χ0n) is 6.79. The number of ketones is 1. The van der Waals surface area contributed by atoms with E-state index in [1.165, 1.54) is 6.92 Å². The van der Waals surface area contributed by atoms with Crippen molar-refractivity contribution in [1.82, 2.24) is 0 Å². The second-order valence-corrected chi connectivity index (χ2v) is 2.98. The monoisotopic (exact) mass is 156 g/mol. The summed E-state index contributed by atoms with van der Waals surface area (Å²) >= 11 is 0. The van der Waals surface area contributed by atoms with E-state index in [1.807, 2.05) is 6.92 Å². The fourth-order valence-electron chi connectivity index (χ4n) is 1.32. The van der Waals surface area contributed by atoms with Gasteiger partial charge in [0, 0.05) is 12.8 Å². The molecule has 1 fully saturated rings. The second-order valence-electron chi connectivity index (χ2n) is 2.98. The summed E-state index contributed by atoms with van der Waals surface area (Å²) < 4.78 is 4.81. The average molecular weight is 156 g/mol. The molecule has 0 spiro atoms. The third-order valence-electron chi connectivity index (χ3n) is 1.97. The van der Waals surface area contributed by atoms with Crippen LogP contribution in [0.5, 0.6) is 0 Å². The van der Waals surface area contributed by atoms with Crippen LogP contribution >= 0.6 is 0 Å². The fraction of sp³-hybridized carbons (Fsp3) is 0.750. The van der Waals surface area contributed by atoms with Gasteiger partial charge in [0.05, 0.1) is 0 Å². The molecule has 11 heavy (non-hydrogen) atoms. The van der Waals surface area contributed by atoms with E-state index in [-0.39, 0.29) is 17.7 Å². The Morgan fingerprint density at radius 3 is 2.55 bits per heavy atom. The smallest absolute Gasteiger partial charge is 0.303 e. The van der Waals surface area contributed by atoms with Crippen molar-refractivity contribution >= 4 is 11.8 Å². The molecule has 2 atom stereocenters. The molecule has 1 rings (SSSR count). The van der Waals surface area contributed by atoms with Gasteiger partial charge in [-0.3, -0.25) is 9.59 Å². The Hall–Kier alpha value is -0.860. The molecule has 0 aromatic rings. The minimum atomic E-state index is -0.456. The van der Waals surface area contributed by atoms with Gasteiger partial charge in [-0.25, -0.2) is 0 Å². The Labute approximate surface area is 65.7 Å². The largest absolute Gasteiger partial charge is 0.455 e. The summed E-state index contributed by atoms with van der Waals surface area (Å²) in [6, 6.07) is 0. The van der Waals surface area contributed by atoms with E-state index < -0.39 is 6.10 Å². The molecule has 0 aromatic carbocycles. The second kappa shape index (κ2) is 3.03. The van der Waals surface area contributed by atoms with E-state index in [1.54, 1.807) is 0 Å². The van der Waals surface area contributed by atoms with Crippen LogP contribution in [0.15, 0.2) is 0 Å². The minimum Gasteiger partial charge on any atom is -0.455 e. The summed E-state index contributed by atoms with van der Waals surface area (Å²) in [5.74, 6) is -0.225. The highest BCUT2D eigenvalue weighted by Crippen LogP contribution is 2.23. The summed E-state index contributed by atoms with van der Waals surface area (Å²) in [6.45, 7) is 3.20. The van der Waals surface area contributed by atoms with E-state index in [9.17, 15) is 9.59 Å². The molecule has 62 valence electrons. The summed E-state index contributed by atoms with van der Waals surface area (Å²) in [6.07, 6.45) is 1.08. The Morgan fingerprint density at radius 2 is 2.18 bits per heavy atom. The molecule has 0 radical (unpaired) electrons. The number of rotatable bonds is 1. The first-order chi connectivity index (χ1) is 5.11. The van der Waals surface area contributed by atoms with E-state index in [2.05, 4.69) is 0 Å². The number of carbonyl (C=O) groups is 2. The van der Waals surface area contributed by atoms with E-state index in [0.717, 1.165) is 6.42 Å². The molecular formula is C8H12O3. The number of esters is 1. The lowest BCUT2D eigenvalue weighted by Gasteiger charge is -2.07. The standard InChI is InChI=1S/C8H12O3/c1-5-3-4-7(8(5)10)11-6(2)9/h5,7H,3-4H2,1-2H3. The molecule has 0 bridgehead atoms. The third kappa shape index (κ3) is 1.79. The molecule has 1 aliphatic carbocycles. The molecule has 1 aliphatic rings. The predicted molar refractivity (Wildman–Crippen MR) is 39.0 cm³/mol. The molecule has 0 amide bonds. The van der Waals surface area contributed by atoms with Crippen LogP contribution in [-0.4, -0.2) is 17.9 Å². The molecule has 0 aromatic heterocycles. The van der Waals surface area contributed by atoms with Gasteiger partial charge in [0.25, 0.3) is 0 Å². The lowest BCUT2D eigenvalue weighted by molar-refractivity contribution is -0.151. The van der Waals surface area contributed by atoms with Crippen LogP contribution in [0.3, 0.4) is 0 Å². The fourth-order valence-corrected chi connectivity index (χ4v) is 1.32. The van der Waals surface area contributed by atoms with Gasteiger partial charge < -0.3 is 4.74 Å². The van der Waals surface area contributed by atoms with Crippen LogP contribution < -0.4 is 0 Å². The molecule has 0 saturated heterocycles. The molecule has 0 N–H and O–H groups in total. The van der Waals surface area contributed by atoms with Crippen molar-refractivity contribution in [2.45, 2.75) is 32.8 Å². The van der Waals surface area contributed by atoms with Gasteiger partial charge in [-0.05, 0) is 12.8 Å². The molecule has 3 nitrogen and oxygen atoms in total. The van der Waals surface area contributed by atoms with Gasteiger partial charge in [0.15, 0.2) is 11.9 Å². The highest BCUT2D eigenvalue weighted by atomic mass is 16.5. The van der Waals surface area contributed by atoms with Crippen LogP contribution in [0.25, 0.3) is 0 Å². The Morgan fingerprint density at radius 1 is 1.55 bits per heavy atom. The van der Waals surface area contributed by atoms with Crippen molar-refractivity contribution in [1.29, 1.82) is 0 Å². The van der Waals surface area contributed by atoms with Crippen molar-refractivity contribution in [2.75, 3.05) is 0 Å².